The van der Waals surface area contributed by atoms with Crippen molar-refractivity contribution in [3.05, 3.63) is 189 Å². The Balaban J connectivity index is 1.06. The second kappa shape index (κ2) is 11.9. The van der Waals surface area contributed by atoms with E-state index < -0.39 is 0 Å². The average Bonchev–Trinajstić information content (AvgIpc) is 3.97. The summed E-state index contributed by atoms with van der Waals surface area (Å²) in [5, 5.41) is 2.67. The van der Waals surface area contributed by atoms with Gasteiger partial charge in [0.05, 0.1) is 11.2 Å². The van der Waals surface area contributed by atoms with Gasteiger partial charge in [-0.2, -0.15) is 0 Å². The lowest BCUT2D eigenvalue weighted by molar-refractivity contribution is 0.770. The molecule has 1 aliphatic heterocycles. The third-order valence-corrected chi connectivity index (χ3v) is 13.8. The summed E-state index contributed by atoms with van der Waals surface area (Å²) in [5.74, 6) is 1.55. The summed E-state index contributed by atoms with van der Waals surface area (Å²) in [5.41, 5.74) is 18.8. The fourth-order valence-corrected chi connectivity index (χ4v) is 11.3. The van der Waals surface area contributed by atoms with E-state index in [9.17, 15) is 0 Å². The van der Waals surface area contributed by atoms with Crippen molar-refractivity contribution in [1.29, 1.82) is 0 Å². The summed E-state index contributed by atoms with van der Waals surface area (Å²) in [7, 11) is 0. The number of para-hydroxylation sites is 2. The van der Waals surface area contributed by atoms with Crippen LogP contribution in [0.15, 0.2) is 151 Å². The Bertz CT molecular complexity index is 2950. The van der Waals surface area contributed by atoms with Crippen LogP contribution in [0.3, 0.4) is 0 Å². The standard InChI is InChI=1S/C51H39N3S/c1-32-28-34(30-42-40-20-8-12-25-48(40)55-50(32)42)33-26-27-47-43(29-33)49-41-21-7-11-24-46(41)53(35-14-3-2-4-15-35)51(49)54(47)37-17-13-16-36(31-37)52-44-22-9-5-18-38(44)39-19-6-10-23-45(39)52/h2-6,8-9,11-20,22,24-27,30-31,43H,1,7,10,21,23,28-29H2. The normalized spacial score (nSPS) is 18.1. The highest BCUT2D eigenvalue weighted by Crippen LogP contribution is 2.58. The highest BCUT2D eigenvalue weighted by atomic mass is 32.1. The first kappa shape index (κ1) is 31.3. The Hall–Kier alpha value is -6.10. The maximum absolute atomic E-state index is 4.62. The average molecular weight is 726 g/mol. The van der Waals surface area contributed by atoms with Crippen LogP contribution in [0.2, 0.25) is 0 Å². The van der Waals surface area contributed by atoms with Gasteiger partial charge in [-0.05, 0) is 122 Å². The van der Waals surface area contributed by atoms with Gasteiger partial charge in [0.1, 0.15) is 5.82 Å². The second-order valence-electron chi connectivity index (χ2n) is 15.6. The summed E-state index contributed by atoms with van der Waals surface area (Å²) in [6, 6.07) is 38.1. The van der Waals surface area contributed by atoms with Crippen molar-refractivity contribution >= 4 is 67.6 Å². The molecule has 3 aromatic heterocycles. The molecule has 4 aromatic carbocycles. The largest absolute Gasteiger partial charge is 0.313 e. The molecule has 0 spiro atoms. The molecule has 1 atom stereocenters. The summed E-state index contributed by atoms with van der Waals surface area (Å²) in [6.07, 6.45) is 22.9. The molecule has 0 saturated heterocycles. The molecule has 12 rings (SSSR count). The summed E-state index contributed by atoms with van der Waals surface area (Å²) >= 11 is 1.89. The first-order chi connectivity index (χ1) is 27.2. The molecule has 3 nitrogen and oxygen atoms in total. The quantitative estimate of drug-likeness (QED) is 0.176. The number of allylic oxidation sites excluding steroid dienone is 8. The van der Waals surface area contributed by atoms with Crippen LogP contribution in [-0.2, 0) is 12.8 Å². The van der Waals surface area contributed by atoms with Crippen molar-refractivity contribution in [2.45, 2.75) is 44.4 Å². The minimum absolute atomic E-state index is 0.254. The van der Waals surface area contributed by atoms with Crippen LogP contribution in [0.4, 0.5) is 11.5 Å². The number of anilines is 2. The lowest BCUT2D eigenvalue weighted by Gasteiger charge is -2.30. The van der Waals surface area contributed by atoms with Crippen LogP contribution in [-0.4, -0.2) is 9.13 Å². The molecule has 5 aliphatic rings. The molecule has 0 N–H and O–H groups in total. The number of hydrogen-bond donors (Lipinski definition) is 0. The van der Waals surface area contributed by atoms with Gasteiger partial charge in [-0.15, -0.1) is 11.3 Å². The highest BCUT2D eigenvalue weighted by Gasteiger charge is 2.43. The monoisotopic (exact) mass is 725 g/mol. The first-order valence-electron chi connectivity index (χ1n) is 19.7. The molecule has 7 aromatic rings. The Kier molecular flexibility index (Phi) is 6.79. The van der Waals surface area contributed by atoms with Gasteiger partial charge in [0.25, 0.3) is 0 Å². The number of nitrogens with zero attached hydrogens (tertiary/aromatic N) is 3. The van der Waals surface area contributed by atoms with Gasteiger partial charge in [-0.1, -0.05) is 91.5 Å². The number of thiophene rings is 1. The van der Waals surface area contributed by atoms with Gasteiger partial charge in [0.15, 0.2) is 0 Å². The van der Waals surface area contributed by atoms with Crippen LogP contribution < -0.4 is 4.90 Å². The summed E-state index contributed by atoms with van der Waals surface area (Å²) in [6.45, 7) is 4.62. The van der Waals surface area contributed by atoms with Gasteiger partial charge >= 0.3 is 0 Å². The number of fused-ring (bicyclic) bond motifs is 11. The molecule has 264 valence electrons. The fourth-order valence-electron chi connectivity index (χ4n) is 10.2. The third kappa shape index (κ3) is 4.55. The summed E-state index contributed by atoms with van der Waals surface area (Å²) < 4.78 is 6.42. The lowest BCUT2D eigenvalue weighted by Crippen LogP contribution is -2.20. The van der Waals surface area contributed by atoms with E-state index in [2.05, 4.69) is 166 Å². The van der Waals surface area contributed by atoms with E-state index in [0.29, 0.717) is 0 Å². The van der Waals surface area contributed by atoms with Crippen LogP contribution >= 0.6 is 11.3 Å². The molecular weight excluding hydrogens is 687 g/mol. The van der Waals surface area contributed by atoms with Crippen molar-refractivity contribution in [1.82, 2.24) is 9.13 Å². The van der Waals surface area contributed by atoms with E-state index in [1.807, 2.05) is 11.3 Å². The molecule has 0 saturated carbocycles. The number of benzene rings is 4. The number of rotatable bonds is 4. The maximum atomic E-state index is 4.62. The molecule has 4 heterocycles. The van der Waals surface area contributed by atoms with E-state index in [4.69, 9.17) is 0 Å². The second-order valence-corrected chi connectivity index (χ2v) is 16.6. The van der Waals surface area contributed by atoms with E-state index in [-0.39, 0.29) is 5.92 Å². The molecule has 1 unspecified atom stereocenters. The van der Waals surface area contributed by atoms with Gasteiger partial charge in [0.2, 0.25) is 0 Å². The maximum Gasteiger partial charge on any atom is 0.126 e. The van der Waals surface area contributed by atoms with E-state index >= 15 is 0 Å². The molecule has 0 amide bonds. The fraction of sp³-hybridized carbons (Fsp3) is 0.137. The van der Waals surface area contributed by atoms with E-state index in [1.54, 1.807) is 0 Å². The van der Waals surface area contributed by atoms with Crippen LogP contribution in [0.5, 0.6) is 0 Å². The van der Waals surface area contributed by atoms with Crippen LogP contribution in [0.25, 0.3) is 56.2 Å². The molecule has 4 heteroatoms. The van der Waals surface area contributed by atoms with Crippen molar-refractivity contribution in [2.24, 2.45) is 0 Å². The highest BCUT2D eigenvalue weighted by molar-refractivity contribution is 7.20. The molecule has 0 fully saturated rings. The summed E-state index contributed by atoms with van der Waals surface area (Å²) in [4.78, 5) is 3.95. The Morgan fingerprint density at radius 1 is 0.673 bits per heavy atom. The Morgan fingerprint density at radius 3 is 2.38 bits per heavy atom. The van der Waals surface area contributed by atoms with Gasteiger partial charge in [0, 0.05) is 71.4 Å². The third-order valence-electron chi connectivity index (χ3n) is 12.5. The Morgan fingerprint density at radius 2 is 1.45 bits per heavy atom. The molecule has 55 heavy (non-hydrogen) atoms. The Labute approximate surface area is 325 Å². The zero-order chi connectivity index (χ0) is 36.2. The van der Waals surface area contributed by atoms with Gasteiger partial charge in [-0.3, -0.25) is 9.47 Å². The van der Waals surface area contributed by atoms with Crippen molar-refractivity contribution in [3.8, 4) is 11.4 Å². The van der Waals surface area contributed by atoms with Crippen molar-refractivity contribution < 1.29 is 0 Å². The van der Waals surface area contributed by atoms with Crippen LogP contribution in [0, 0.1) is 0 Å². The molecule has 0 radical (unpaired) electrons. The minimum Gasteiger partial charge on any atom is -0.313 e. The van der Waals surface area contributed by atoms with E-state index in [0.717, 1.165) is 38.5 Å². The topological polar surface area (TPSA) is 13.1 Å². The SMILES string of the molecule is C=C1CC(C2=CC=C3C(C2)c2c4c(n(-c5ccccc5)c2N3c2cccc(-n3c5c(c6ccccc63)C=CCC5)c2)C=CCC4)=Cc2c1sc1ccccc21. The molecule has 4 aliphatic carbocycles. The zero-order valence-corrected chi connectivity index (χ0v) is 31.4. The predicted molar refractivity (Wildman–Crippen MR) is 233 cm³/mol. The van der Waals surface area contributed by atoms with Crippen LogP contribution in [0.1, 0.15) is 70.1 Å². The van der Waals surface area contributed by atoms with Crippen molar-refractivity contribution in [2.75, 3.05) is 4.90 Å². The molecular formula is C51H39N3S. The first-order valence-corrected chi connectivity index (χ1v) is 20.5. The van der Waals surface area contributed by atoms with Crippen molar-refractivity contribution in [3.63, 3.8) is 0 Å². The van der Waals surface area contributed by atoms with E-state index in [1.165, 1.54) is 105 Å². The van der Waals surface area contributed by atoms with Gasteiger partial charge < -0.3 is 4.57 Å². The smallest absolute Gasteiger partial charge is 0.126 e. The predicted octanol–water partition coefficient (Wildman–Crippen LogP) is 13.5. The lowest BCUT2D eigenvalue weighted by atomic mass is 9.79. The molecule has 0 bridgehead atoms. The number of hydrogen-bond acceptors (Lipinski definition) is 2. The zero-order valence-electron chi connectivity index (χ0n) is 30.6. The minimum atomic E-state index is 0.254. The number of aromatic nitrogens is 2. The van der Waals surface area contributed by atoms with Gasteiger partial charge in [-0.25, -0.2) is 0 Å².